The van der Waals surface area contributed by atoms with Crippen LogP contribution in [0.3, 0.4) is 0 Å². The molecule has 0 spiro atoms. The summed E-state index contributed by atoms with van der Waals surface area (Å²) in [4.78, 5) is 31.9. The molecule has 2 aliphatic heterocycles. The molecule has 1 N–H and O–H groups in total. The Balaban J connectivity index is 1.46. The van der Waals surface area contributed by atoms with Crippen LogP contribution < -0.4 is 14.8 Å². The van der Waals surface area contributed by atoms with Crippen LogP contribution >= 0.6 is 0 Å². The monoisotopic (exact) mass is 585 g/mol. The van der Waals surface area contributed by atoms with Gasteiger partial charge in [-0.1, -0.05) is 54.6 Å². The highest BCUT2D eigenvalue weighted by Crippen LogP contribution is 2.39. The van der Waals surface area contributed by atoms with Gasteiger partial charge in [-0.25, -0.2) is 4.79 Å². The van der Waals surface area contributed by atoms with Crippen molar-refractivity contribution in [2.45, 2.75) is 63.6 Å². The van der Waals surface area contributed by atoms with Crippen molar-refractivity contribution in [2.24, 2.45) is 0 Å². The number of rotatable bonds is 8. The third kappa shape index (κ3) is 7.13. The number of nitrogens with one attached hydrogen (secondary N) is 1. The fourth-order valence-corrected chi connectivity index (χ4v) is 6.08. The summed E-state index contributed by atoms with van der Waals surface area (Å²) < 4.78 is 17.4. The molecule has 228 valence electrons. The normalized spacial score (nSPS) is 19.1. The largest absolute Gasteiger partial charge is 0.493 e. The van der Waals surface area contributed by atoms with Crippen molar-refractivity contribution < 1.29 is 23.8 Å². The Morgan fingerprint density at radius 1 is 0.953 bits per heavy atom. The van der Waals surface area contributed by atoms with Crippen molar-refractivity contribution in [2.75, 3.05) is 33.3 Å². The lowest BCUT2D eigenvalue weighted by atomic mass is 9.77. The van der Waals surface area contributed by atoms with E-state index >= 15 is 0 Å². The minimum absolute atomic E-state index is 0.0488. The molecule has 0 saturated carbocycles. The first-order valence-corrected chi connectivity index (χ1v) is 15.1. The van der Waals surface area contributed by atoms with Gasteiger partial charge in [0.15, 0.2) is 11.5 Å². The number of likely N-dealkylation sites (tertiary alicyclic amines) is 1. The molecule has 8 heteroatoms. The van der Waals surface area contributed by atoms with Crippen molar-refractivity contribution in [3.8, 4) is 17.2 Å². The first-order valence-electron chi connectivity index (χ1n) is 15.1. The van der Waals surface area contributed by atoms with E-state index in [1.807, 2.05) is 99.6 Å². The first-order chi connectivity index (χ1) is 20.7. The molecule has 2 fully saturated rings. The average molecular weight is 586 g/mol. The summed E-state index contributed by atoms with van der Waals surface area (Å²) in [6.45, 7) is 8.47. The van der Waals surface area contributed by atoms with E-state index < -0.39 is 11.0 Å². The van der Waals surface area contributed by atoms with Crippen LogP contribution in [0.1, 0.15) is 51.2 Å². The maximum atomic E-state index is 15.0. The van der Waals surface area contributed by atoms with Crippen LogP contribution in [0.2, 0.25) is 0 Å². The quantitative estimate of drug-likeness (QED) is 0.342. The zero-order chi connectivity index (χ0) is 30.5. The van der Waals surface area contributed by atoms with Crippen LogP contribution in [0.25, 0.3) is 0 Å². The fourth-order valence-electron chi connectivity index (χ4n) is 6.08. The molecule has 2 heterocycles. The van der Waals surface area contributed by atoms with Crippen LogP contribution in [-0.4, -0.2) is 66.7 Å². The second kappa shape index (κ2) is 13.1. The zero-order valence-electron chi connectivity index (χ0n) is 25.7. The second-order valence-corrected chi connectivity index (χ2v) is 12.4. The second-order valence-electron chi connectivity index (χ2n) is 12.4. The summed E-state index contributed by atoms with van der Waals surface area (Å²) in [5.74, 6) is 2.01. The number of carbonyl (C=O) groups excluding carboxylic acids is 2. The van der Waals surface area contributed by atoms with Crippen LogP contribution in [-0.2, 0) is 21.5 Å². The topological polar surface area (TPSA) is 80.3 Å². The summed E-state index contributed by atoms with van der Waals surface area (Å²) in [6, 6.07) is 25.4. The van der Waals surface area contributed by atoms with Gasteiger partial charge >= 0.3 is 6.09 Å². The van der Waals surface area contributed by atoms with Crippen LogP contribution in [0.5, 0.6) is 17.2 Å². The number of benzene rings is 3. The molecule has 8 nitrogen and oxygen atoms in total. The number of hydrogen-bond donors (Lipinski definition) is 1. The maximum absolute atomic E-state index is 15.0. The molecule has 5 rings (SSSR count). The van der Waals surface area contributed by atoms with E-state index in [0.29, 0.717) is 36.8 Å². The standard InChI is InChI=1S/C35H43N3O5/c1-34(2,3)43-33(40)37-22-19-35(25-37,27-12-6-5-7-13-27)32(39)38(28-17-20-36-21-18-28)24-26-11-10-14-29(23-26)42-31-16-9-8-15-30(31)41-4/h5-16,23,28,36H,17-22,24-25H2,1-4H3. The zero-order valence-corrected chi connectivity index (χ0v) is 25.7. The van der Waals surface area contributed by atoms with Crippen molar-refractivity contribution in [3.05, 3.63) is 90.0 Å². The van der Waals surface area contributed by atoms with E-state index in [2.05, 4.69) is 10.2 Å². The molecule has 0 bridgehead atoms. The van der Waals surface area contributed by atoms with E-state index in [0.717, 1.165) is 37.1 Å². The molecule has 2 amide bonds. The fraction of sp³-hybridized carbons (Fsp3) is 0.429. The van der Waals surface area contributed by atoms with Gasteiger partial charge in [0, 0.05) is 25.7 Å². The molecular formula is C35H43N3O5. The molecule has 0 aromatic heterocycles. The SMILES string of the molecule is COc1ccccc1Oc1cccc(CN(C(=O)C2(c3ccccc3)CCN(C(=O)OC(C)(C)C)C2)C2CCNCC2)c1. The Morgan fingerprint density at radius 3 is 2.35 bits per heavy atom. The Kier molecular flexibility index (Phi) is 9.25. The number of piperidine rings is 1. The summed E-state index contributed by atoms with van der Waals surface area (Å²) in [5, 5.41) is 3.43. The molecule has 3 aromatic carbocycles. The van der Waals surface area contributed by atoms with Gasteiger partial charge in [-0.05, 0) is 88.5 Å². The number of amides is 2. The molecule has 0 radical (unpaired) electrons. The van der Waals surface area contributed by atoms with E-state index in [4.69, 9.17) is 14.2 Å². The number of para-hydroxylation sites is 2. The highest BCUT2D eigenvalue weighted by atomic mass is 16.6. The average Bonchev–Trinajstić information content (AvgIpc) is 3.47. The Hall–Kier alpha value is -4.04. The van der Waals surface area contributed by atoms with Gasteiger partial charge in [-0.2, -0.15) is 0 Å². The van der Waals surface area contributed by atoms with E-state index in [1.54, 1.807) is 12.0 Å². The maximum Gasteiger partial charge on any atom is 0.410 e. The third-order valence-corrected chi connectivity index (χ3v) is 8.22. The lowest BCUT2D eigenvalue weighted by molar-refractivity contribution is -0.140. The van der Waals surface area contributed by atoms with E-state index in [-0.39, 0.29) is 24.6 Å². The Bertz CT molecular complexity index is 1400. The Morgan fingerprint density at radius 2 is 1.65 bits per heavy atom. The molecule has 3 aromatic rings. The molecule has 1 unspecified atom stereocenters. The first kappa shape index (κ1) is 30.4. The van der Waals surface area contributed by atoms with E-state index in [9.17, 15) is 9.59 Å². The van der Waals surface area contributed by atoms with Gasteiger partial charge in [0.1, 0.15) is 11.4 Å². The number of methoxy groups -OCH3 is 1. The molecule has 43 heavy (non-hydrogen) atoms. The molecular weight excluding hydrogens is 542 g/mol. The Labute approximate surface area is 254 Å². The number of carbonyl (C=O) groups is 2. The summed E-state index contributed by atoms with van der Waals surface area (Å²) in [7, 11) is 1.62. The molecule has 2 aliphatic rings. The van der Waals surface area contributed by atoms with Gasteiger partial charge in [0.05, 0.1) is 12.5 Å². The summed E-state index contributed by atoms with van der Waals surface area (Å²) >= 11 is 0. The summed E-state index contributed by atoms with van der Waals surface area (Å²) in [6.07, 6.45) is 1.88. The highest BCUT2D eigenvalue weighted by Gasteiger charge is 2.50. The van der Waals surface area contributed by atoms with E-state index in [1.165, 1.54) is 0 Å². The number of ether oxygens (including phenoxy) is 3. The molecule has 0 aliphatic carbocycles. The lowest BCUT2D eigenvalue weighted by Crippen LogP contribution is -2.54. The lowest BCUT2D eigenvalue weighted by Gasteiger charge is -2.41. The highest BCUT2D eigenvalue weighted by molar-refractivity contribution is 5.90. The molecule has 2 saturated heterocycles. The van der Waals surface area contributed by atoms with Gasteiger partial charge in [-0.15, -0.1) is 0 Å². The van der Waals surface area contributed by atoms with Crippen LogP contribution in [0.15, 0.2) is 78.9 Å². The number of nitrogens with zero attached hydrogens (tertiary/aromatic N) is 2. The molecule has 1 atom stereocenters. The third-order valence-electron chi connectivity index (χ3n) is 8.22. The van der Waals surface area contributed by atoms with Gasteiger partial charge in [0.2, 0.25) is 5.91 Å². The van der Waals surface area contributed by atoms with Crippen molar-refractivity contribution in [1.29, 1.82) is 0 Å². The predicted molar refractivity (Wildman–Crippen MR) is 166 cm³/mol. The smallest absolute Gasteiger partial charge is 0.410 e. The van der Waals surface area contributed by atoms with Gasteiger partial charge < -0.3 is 29.3 Å². The van der Waals surface area contributed by atoms with Crippen molar-refractivity contribution >= 4 is 12.0 Å². The van der Waals surface area contributed by atoms with Gasteiger partial charge in [-0.3, -0.25) is 4.79 Å². The predicted octanol–water partition coefficient (Wildman–Crippen LogP) is 6.15. The van der Waals surface area contributed by atoms with Gasteiger partial charge in [0.25, 0.3) is 0 Å². The minimum Gasteiger partial charge on any atom is -0.493 e. The van der Waals surface area contributed by atoms with Crippen molar-refractivity contribution in [1.82, 2.24) is 15.1 Å². The minimum atomic E-state index is -0.867. The van der Waals surface area contributed by atoms with Crippen molar-refractivity contribution in [3.63, 3.8) is 0 Å². The number of hydrogen-bond acceptors (Lipinski definition) is 6. The summed E-state index contributed by atoms with van der Waals surface area (Å²) in [5.41, 5.74) is 0.425. The van der Waals surface area contributed by atoms with Crippen LogP contribution in [0, 0.1) is 0 Å². The van der Waals surface area contributed by atoms with Crippen LogP contribution in [0.4, 0.5) is 4.79 Å².